The van der Waals surface area contributed by atoms with Crippen molar-refractivity contribution < 1.29 is 0 Å². The van der Waals surface area contributed by atoms with Gasteiger partial charge in [-0.15, -0.1) is 0 Å². The van der Waals surface area contributed by atoms with Gasteiger partial charge in [0.15, 0.2) is 0 Å². The maximum absolute atomic E-state index is 3.05. The van der Waals surface area contributed by atoms with Gasteiger partial charge in [0, 0.05) is 6.04 Å². The zero-order valence-electron chi connectivity index (χ0n) is 5.28. The highest BCUT2D eigenvalue weighted by Crippen LogP contribution is 1.82. The second-order valence-electron chi connectivity index (χ2n) is 1.70. The third-order valence-corrected chi connectivity index (χ3v) is 1.00. The molecule has 2 N–H and O–H groups in total. The van der Waals surface area contributed by atoms with E-state index in [1.807, 2.05) is 7.05 Å². The molecule has 0 aromatic carbocycles. The van der Waals surface area contributed by atoms with Gasteiger partial charge >= 0.3 is 0 Å². The molecule has 0 aliphatic rings. The Kier molecular flexibility index (Phi) is 4.04. The molecule has 0 spiro atoms. The molecule has 0 fully saturated rings. The van der Waals surface area contributed by atoms with Crippen LogP contribution >= 0.6 is 0 Å². The summed E-state index contributed by atoms with van der Waals surface area (Å²) < 4.78 is 0. The van der Waals surface area contributed by atoms with E-state index in [9.17, 15) is 0 Å². The molecule has 0 rings (SSSR count). The van der Waals surface area contributed by atoms with Gasteiger partial charge in [0.25, 0.3) is 0 Å². The summed E-state index contributed by atoms with van der Waals surface area (Å²) >= 11 is 0. The number of hydrogen-bond donors (Lipinski definition) is 2. The van der Waals surface area contributed by atoms with E-state index >= 15 is 0 Å². The first kappa shape index (κ1) is 6.92. The van der Waals surface area contributed by atoms with Crippen molar-refractivity contribution in [1.29, 1.82) is 0 Å². The van der Waals surface area contributed by atoms with Crippen molar-refractivity contribution in [2.24, 2.45) is 0 Å². The fourth-order valence-electron chi connectivity index (χ4n) is 0.348. The molecule has 0 aliphatic heterocycles. The molecule has 7 heavy (non-hydrogen) atoms. The average Bonchev–Trinajstić information content (AvgIpc) is 1.68. The van der Waals surface area contributed by atoms with E-state index in [0.717, 1.165) is 0 Å². The van der Waals surface area contributed by atoms with Crippen molar-refractivity contribution in [2.45, 2.75) is 26.3 Å². The first-order chi connectivity index (χ1) is 3.31. The summed E-state index contributed by atoms with van der Waals surface area (Å²) in [6, 6.07) is 0.588. The highest BCUT2D eigenvalue weighted by atomic mass is 15.3. The van der Waals surface area contributed by atoms with Gasteiger partial charge in [0.05, 0.1) is 0 Å². The summed E-state index contributed by atoms with van der Waals surface area (Å²) in [4.78, 5) is 0. The Morgan fingerprint density at radius 1 is 1.57 bits per heavy atom. The Hall–Kier alpha value is -0.0800. The quantitative estimate of drug-likeness (QED) is 0.507. The molecule has 0 aliphatic carbocycles. The summed E-state index contributed by atoms with van der Waals surface area (Å²) in [6.45, 7) is 4.28. The van der Waals surface area contributed by atoms with Gasteiger partial charge in [-0.3, -0.25) is 10.9 Å². The first-order valence-corrected chi connectivity index (χ1v) is 2.73. The molecule has 2 heteroatoms. The molecule has 0 saturated carbocycles. The predicted octanol–water partition coefficient (Wildman–Crippen LogP) is 0.509. The van der Waals surface area contributed by atoms with Crippen molar-refractivity contribution in [2.75, 3.05) is 7.05 Å². The van der Waals surface area contributed by atoms with Crippen molar-refractivity contribution in [3.05, 3.63) is 0 Å². The number of hydrogen-bond acceptors (Lipinski definition) is 2. The molecule has 0 bridgehead atoms. The van der Waals surface area contributed by atoms with Crippen molar-refractivity contribution in [1.82, 2.24) is 10.9 Å². The highest BCUT2D eigenvalue weighted by Gasteiger charge is 1.89. The molecule has 44 valence electrons. The average molecular weight is 102 g/mol. The SMILES string of the molecule is CCC(C)NNC. The third-order valence-electron chi connectivity index (χ3n) is 1.00. The Morgan fingerprint density at radius 3 is 2.29 bits per heavy atom. The van der Waals surface area contributed by atoms with E-state index in [1.165, 1.54) is 6.42 Å². The lowest BCUT2D eigenvalue weighted by Gasteiger charge is -2.07. The predicted molar refractivity (Wildman–Crippen MR) is 31.9 cm³/mol. The van der Waals surface area contributed by atoms with E-state index in [-0.39, 0.29) is 0 Å². The van der Waals surface area contributed by atoms with Crippen LogP contribution in [0.3, 0.4) is 0 Å². The van der Waals surface area contributed by atoms with Gasteiger partial charge < -0.3 is 0 Å². The van der Waals surface area contributed by atoms with Crippen molar-refractivity contribution in [3.63, 3.8) is 0 Å². The third kappa shape index (κ3) is 3.76. The topological polar surface area (TPSA) is 24.1 Å². The standard InChI is InChI=1S/C5H14N2/c1-4-5(2)7-6-3/h5-7H,4H2,1-3H3. The highest BCUT2D eigenvalue weighted by molar-refractivity contribution is 4.49. The Bertz CT molecular complexity index is 37.1. The zero-order valence-corrected chi connectivity index (χ0v) is 5.28. The molecule has 1 atom stereocenters. The van der Waals surface area contributed by atoms with Crippen LogP contribution in [0.15, 0.2) is 0 Å². The molecule has 0 aromatic heterocycles. The minimum atomic E-state index is 0.588. The summed E-state index contributed by atoms with van der Waals surface area (Å²) in [6.07, 6.45) is 1.17. The Morgan fingerprint density at radius 2 is 2.14 bits per heavy atom. The van der Waals surface area contributed by atoms with E-state index in [0.29, 0.717) is 6.04 Å². The molecule has 0 heterocycles. The second-order valence-corrected chi connectivity index (χ2v) is 1.70. The van der Waals surface area contributed by atoms with Gasteiger partial charge in [0.1, 0.15) is 0 Å². The second kappa shape index (κ2) is 4.09. The molecular formula is C5H14N2. The normalized spacial score (nSPS) is 14.1. The van der Waals surface area contributed by atoms with Crippen LogP contribution in [0.5, 0.6) is 0 Å². The summed E-state index contributed by atoms with van der Waals surface area (Å²) in [5.41, 5.74) is 5.91. The fourth-order valence-corrected chi connectivity index (χ4v) is 0.348. The van der Waals surface area contributed by atoms with Gasteiger partial charge in [-0.25, -0.2) is 0 Å². The summed E-state index contributed by atoms with van der Waals surface area (Å²) in [5.74, 6) is 0. The van der Waals surface area contributed by atoms with Crippen LogP contribution in [0.25, 0.3) is 0 Å². The zero-order chi connectivity index (χ0) is 5.70. The van der Waals surface area contributed by atoms with Crippen LogP contribution in [0.2, 0.25) is 0 Å². The van der Waals surface area contributed by atoms with Gasteiger partial charge in [-0.05, 0) is 20.4 Å². The Balaban J connectivity index is 2.83. The number of hydrazine groups is 1. The fraction of sp³-hybridized carbons (Fsp3) is 1.00. The van der Waals surface area contributed by atoms with Gasteiger partial charge in [0.2, 0.25) is 0 Å². The lowest BCUT2D eigenvalue weighted by atomic mass is 10.3. The Labute approximate surface area is 45.3 Å². The van der Waals surface area contributed by atoms with E-state index in [1.54, 1.807) is 0 Å². The number of rotatable bonds is 3. The van der Waals surface area contributed by atoms with Gasteiger partial charge in [-0.2, -0.15) is 0 Å². The summed E-state index contributed by atoms with van der Waals surface area (Å²) in [5, 5.41) is 0. The van der Waals surface area contributed by atoms with E-state index in [2.05, 4.69) is 24.7 Å². The van der Waals surface area contributed by atoms with E-state index in [4.69, 9.17) is 0 Å². The van der Waals surface area contributed by atoms with Crippen LogP contribution in [-0.2, 0) is 0 Å². The smallest absolute Gasteiger partial charge is 0.0181 e. The monoisotopic (exact) mass is 102 g/mol. The molecule has 0 aromatic rings. The van der Waals surface area contributed by atoms with Crippen LogP contribution < -0.4 is 10.9 Å². The minimum absolute atomic E-state index is 0.588. The van der Waals surface area contributed by atoms with Crippen molar-refractivity contribution in [3.8, 4) is 0 Å². The van der Waals surface area contributed by atoms with Crippen LogP contribution in [0, 0.1) is 0 Å². The van der Waals surface area contributed by atoms with Gasteiger partial charge in [-0.1, -0.05) is 6.92 Å². The van der Waals surface area contributed by atoms with Crippen molar-refractivity contribution >= 4 is 0 Å². The molecular weight excluding hydrogens is 88.1 g/mol. The van der Waals surface area contributed by atoms with Crippen LogP contribution in [0.1, 0.15) is 20.3 Å². The molecule has 0 radical (unpaired) electrons. The molecule has 1 unspecified atom stereocenters. The lowest BCUT2D eigenvalue weighted by molar-refractivity contribution is 0.477. The maximum Gasteiger partial charge on any atom is 0.0181 e. The largest absolute Gasteiger partial charge is 0.261 e. The lowest BCUT2D eigenvalue weighted by Crippen LogP contribution is -2.35. The summed E-state index contributed by atoms with van der Waals surface area (Å²) in [7, 11) is 1.88. The molecule has 0 saturated heterocycles. The molecule has 2 nitrogen and oxygen atoms in total. The van der Waals surface area contributed by atoms with E-state index < -0.39 is 0 Å². The van der Waals surface area contributed by atoms with Crippen LogP contribution in [0.4, 0.5) is 0 Å². The first-order valence-electron chi connectivity index (χ1n) is 2.73. The molecule has 0 amide bonds. The number of nitrogens with one attached hydrogen (secondary N) is 2. The minimum Gasteiger partial charge on any atom is -0.261 e. The van der Waals surface area contributed by atoms with Crippen LogP contribution in [-0.4, -0.2) is 13.1 Å². The maximum atomic E-state index is 3.05.